The van der Waals surface area contributed by atoms with E-state index >= 15 is 0 Å². The van der Waals surface area contributed by atoms with Gasteiger partial charge in [0.05, 0.1) is 5.60 Å². The van der Waals surface area contributed by atoms with Crippen molar-refractivity contribution in [2.75, 3.05) is 13.2 Å². The molecule has 1 aromatic heterocycles. The molecule has 0 spiro atoms. The standard InChI is InChI=1S/C15H25BrN2O/c1-5-15(4,19-7-3)14(18-6-2)9-12-8-13(16)11-17-10-12/h8,10-11,14,18H,5-7,9H2,1-4H3. The summed E-state index contributed by atoms with van der Waals surface area (Å²) in [5.74, 6) is 0. The molecule has 2 unspecified atom stereocenters. The average Bonchev–Trinajstić information content (AvgIpc) is 2.38. The number of hydrogen-bond donors (Lipinski definition) is 1. The van der Waals surface area contributed by atoms with Crippen molar-refractivity contribution >= 4 is 15.9 Å². The number of ether oxygens (including phenoxy) is 1. The van der Waals surface area contributed by atoms with E-state index in [1.807, 2.05) is 12.4 Å². The number of halogens is 1. The Hall–Kier alpha value is -0.450. The molecular weight excluding hydrogens is 304 g/mol. The average molecular weight is 329 g/mol. The molecule has 19 heavy (non-hydrogen) atoms. The topological polar surface area (TPSA) is 34.2 Å². The first-order valence-corrected chi connectivity index (χ1v) is 7.81. The number of pyridine rings is 1. The third-order valence-corrected chi connectivity index (χ3v) is 4.00. The van der Waals surface area contributed by atoms with Gasteiger partial charge in [-0.15, -0.1) is 0 Å². The highest BCUT2D eigenvalue weighted by Crippen LogP contribution is 2.24. The molecule has 1 aromatic rings. The van der Waals surface area contributed by atoms with E-state index in [4.69, 9.17) is 4.74 Å². The first-order valence-electron chi connectivity index (χ1n) is 7.02. The molecule has 1 heterocycles. The van der Waals surface area contributed by atoms with Crippen molar-refractivity contribution in [1.82, 2.24) is 10.3 Å². The van der Waals surface area contributed by atoms with E-state index in [0.717, 1.165) is 30.5 Å². The Morgan fingerprint density at radius 1 is 1.37 bits per heavy atom. The van der Waals surface area contributed by atoms with Crippen molar-refractivity contribution in [2.24, 2.45) is 0 Å². The highest BCUT2D eigenvalue weighted by molar-refractivity contribution is 9.10. The molecule has 1 rings (SSSR count). The maximum absolute atomic E-state index is 6.00. The van der Waals surface area contributed by atoms with E-state index in [1.165, 1.54) is 5.56 Å². The minimum atomic E-state index is -0.146. The zero-order valence-corrected chi connectivity index (χ0v) is 14.0. The number of aromatic nitrogens is 1. The lowest BCUT2D eigenvalue weighted by molar-refractivity contribution is -0.0547. The second-order valence-corrected chi connectivity index (χ2v) is 5.84. The van der Waals surface area contributed by atoms with Gasteiger partial charge in [-0.2, -0.15) is 0 Å². The Morgan fingerprint density at radius 3 is 2.63 bits per heavy atom. The van der Waals surface area contributed by atoms with Gasteiger partial charge >= 0.3 is 0 Å². The van der Waals surface area contributed by atoms with Crippen LogP contribution in [-0.4, -0.2) is 29.8 Å². The van der Waals surface area contributed by atoms with Crippen molar-refractivity contribution in [2.45, 2.75) is 52.2 Å². The quantitative estimate of drug-likeness (QED) is 0.792. The second-order valence-electron chi connectivity index (χ2n) is 4.93. The summed E-state index contributed by atoms with van der Waals surface area (Å²) in [6.45, 7) is 10.2. The van der Waals surface area contributed by atoms with Gasteiger partial charge in [0.2, 0.25) is 0 Å². The van der Waals surface area contributed by atoms with Crippen LogP contribution in [0.15, 0.2) is 22.9 Å². The minimum absolute atomic E-state index is 0.146. The Labute approximate surface area is 125 Å². The molecule has 0 aliphatic carbocycles. The van der Waals surface area contributed by atoms with Crippen LogP contribution in [0.4, 0.5) is 0 Å². The van der Waals surface area contributed by atoms with Gasteiger partial charge in [0, 0.05) is 29.5 Å². The molecule has 2 atom stereocenters. The van der Waals surface area contributed by atoms with E-state index in [1.54, 1.807) is 0 Å². The maximum atomic E-state index is 6.00. The largest absolute Gasteiger partial charge is 0.374 e. The van der Waals surface area contributed by atoms with Gasteiger partial charge < -0.3 is 10.1 Å². The molecule has 0 aliphatic heterocycles. The van der Waals surface area contributed by atoms with Crippen molar-refractivity contribution in [1.29, 1.82) is 0 Å². The molecule has 0 radical (unpaired) electrons. The number of likely N-dealkylation sites (N-methyl/N-ethyl adjacent to an activating group) is 1. The molecule has 0 saturated heterocycles. The van der Waals surface area contributed by atoms with Crippen LogP contribution in [0.3, 0.4) is 0 Å². The van der Waals surface area contributed by atoms with Crippen LogP contribution in [0.5, 0.6) is 0 Å². The molecule has 108 valence electrons. The van der Waals surface area contributed by atoms with Gasteiger partial charge in [-0.3, -0.25) is 4.98 Å². The summed E-state index contributed by atoms with van der Waals surface area (Å²) in [4.78, 5) is 4.24. The second kappa shape index (κ2) is 7.98. The van der Waals surface area contributed by atoms with E-state index < -0.39 is 0 Å². The fourth-order valence-corrected chi connectivity index (χ4v) is 2.74. The number of rotatable bonds is 8. The van der Waals surface area contributed by atoms with E-state index in [2.05, 4.69) is 60.0 Å². The fourth-order valence-electron chi connectivity index (χ4n) is 2.33. The van der Waals surface area contributed by atoms with Gasteiger partial charge in [0.25, 0.3) is 0 Å². The van der Waals surface area contributed by atoms with Crippen LogP contribution in [0.25, 0.3) is 0 Å². The zero-order valence-electron chi connectivity index (χ0n) is 12.4. The summed E-state index contributed by atoms with van der Waals surface area (Å²) < 4.78 is 7.02. The zero-order chi connectivity index (χ0) is 14.3. The Bertz CT molecular complexity index is 386. The van der Waals surface area contributed by atoms with Crippen LogP contribution in [0.2, 0.25) is 0 Å². The summed E-state index contributed by atoms with van der Waals surface area (Å²) in [6, 6.07) is 2.41. The lowest BCUT2D eigenvalue weighted by Crippen LogP contribution is -2.51. The summed E-state index contributed by atoms with van der Waals surface area (Å²) in [5, 5.41) is 3.56. The Kier molecular flexibility index (Phi) is 6.97. The van der Waals surface area contributed by atoms with Crippen LogP contribution in [0, 0.1) is 0 Å². The van der Waals surface area contributed by atoms with Crippen molar-refractivity contribution in [3.63, 3.8) is 0 Å². The predicted octanol–water partition coefficient (Wildman–Crippen LogP) is 3.57. The normalized spacial score (nSPS) is 16.1. The molecule has 0 amide bonds. The maximum Gasteiger partial charge on any atom is 0.0807 e. The van der Waals surface area contributed by atoms with Crippen LogP contribution in [-0.2, 0) is 11.2 Å². The monoisotopic (exact) mass is 328 g/mol. The highest BCUT2D eigenvalue weighted by Gasteiger charge is 2.32. The molecule has 3 nitrogen and oxygen atoms in total. The molecule has 0 aromatic carbocycles. The molecule has 4 heteroatoms. The summed E-state index contributed by atoms with van der Waals surface area (Å²) in [6.07, 6.45) is 5.65. The van der Waals surface area contributed by atoms with Crippen molar-refractivity contribution < 1.29 is 4.74 Å². The number of hydrogen-bond acceptors (Lipinski definition) is 3. The molecular formula is C15H25BrN2O. The summed E-state index contributed by atoms with van der Waals surface area (Å²) >= 11 is 3.48. The van der Waals surface area contributed by atoms with Gasteiger partial charge in [-0.05, 0) is 60.8 Å². The van der Waals surface area contributed by atoms with Crippen LogP contribution >= 0.6 is 15.9 Å². The molecule has 0 bridgehead atoms. The number of nitrogens with zero attached hydrogens (tertiary/aromatic N) is 1. The Morgan fingerprint density at radius 2 is 2.11 bits per heavy atom. The van der Waals surface area contributed by atoms with Gasteiger partial charge in [0.1, 0.15) is 0 Å². The van der Waals surface area contributed by atoms with E-state index in [-0.39, 0.29) is 5.60 Å². The highest BCUT2D eigenvalue weighted by atomic mass is 79.9. The van der Waals surface area contributed by atoms with Crippen LogP contribution in [0.1, 0.15) is 39.7 Å². The lowest BCUT2D eigenvalue weighted by Gasteiger charge is -2.37. The molecule has 1 N–H and O–H groups in total. The number of nitrogens with one attached hydrogen (secondary N) is 1. The van der Waals surface area contributed by atoms with Crippen LogP contribution < -0.4 is 5.32 Å². The van der Waals surface area contributed by atoms with E-state index in [0.29, 0.717) is 6.04 Å². The summed E-state index contributed by atoms with van der Waals surface area (Å²) in [7, 11) is 0. The third-order valence-electron chi connectivity index (χ3n) is 3.57. The first-order chi connectivity index (χ1) is 9.05. The molecule has 0 aliphatic rings. The molecule has 0 saturated carbocycles. The first kappa shape index (κ1) is 16.6. The van der Waals surface area contributed by atoms with Crippen molar-refractivity contribution in [3.05, 3.63) is 28.5 Å². The molecule has 0 fully saturated rings. The SMILES string of the molecule is CCNC(Cc1cncc(Br)c1)C(C)(CC)OCC. The Balaban J connectivity index is 2.87. The summed E-state index contributed by atoms with van der Waals surface area (Å²) in [5.41, 5.74) is 1.08. The van der Waals surface area contributed by atoms with Gasteiger partial charge in [-0.25, -0.2) is 0 Å². The third kappa shape index (κ3) is 4.86. The fraction of sp³-hybridized carbons (Fsp3) is 0.667. The van der Waals surface area contributed by atoms with Gasteiger partial charge in [-0.1, -0.05) is 13.8 Å². The smallest absolute Gasteiger partial charge is 0.0807 e. The van der Waals surface area contributed by atoms with Gasteiger partial charge in [0.15, 0.2) is 0 Å². The van der Waals surface area contributed by atoms with E-state index in [9.17, 15) is 0 Å². The van der Waals surface area contributed by atoms with Crippen molar-refractivity contribution in [3.8, 4) is 0 Å². The lowest BCUT2D eigenvalue weighted by atomic mass is 9.88. The predicted molar refractivity (Wildman–Crippen MR) is 83.4 cm³/mol. The minimum Gasteiger partial charge on any atom is -0.374 e.